The van der Waals surface area contributed by atoms with Crippen LogP contribution in [-0.2, 0) is 4.74 Å². The van der Waals surface area contributed by atoms with E-state index in [1.165, 1.54) is 12.8 Å². The third-order valence-electron chi connectivity index (χ3n) is 3.41. The fourth-order valence-electron chi connectivity index (χ4n) is 2.50. The van der Waals surface area contributed by atoms with Crippen molar-refractivity contribution in [2.75, 3.05) is 19.7 Å². The Morgan fingerprint density at radius 3 is 2.88 bits per heavy atom. The van der Waals surface area contributed by atoms with E-state index in [1.54, 1.807) is 0 Å². The maximum atomic E-state index is 7.43. The van der Waals surface area contributed by atoms with Gasteiger partial charge in [-0.2, -0.15) is 0 Å². The molecule has 4 nitrogen and oxygen atoms in total. The van der Waals surface area contributed by atoms with Crippen LogP contribution in [0.4, 0.5) is 0 Å². The van der Waals surface area contributed by atoms with Crippen molar-refractivity contribution < 1.29 is 4.74 Å². The van der Waals surface area contributed by atoms with E-state index < -0.39 is 0 Å². The van der Waals surface area contributed by atoms with Crippen molar-refractivity contribution >= 4 is 5.84 Å². The fraction of sp³-hybridized carbons (Fsp3) is 0.923. The minimum Gasteiger partial charge on any atom is -0.388 e. The molecule has 0 bridgehead atoms. The summed E-state index contributed by atoms with van der Waals surface area (Å²) in [4.78, 5) is 2.45. The highest BCUT2D eigenvalue weighted by Crippen LogP contribution is 2.19. The molecule has 0 amide bonds. The van der Waals surface area contributed by atoms with Gasteiger partial charge in [0.15, 0.2) is 0 Å². The number of amidine groups is 1. The van der Waals surface area contributed by atoms with E-state index in [-0.39, 0.29) is 0 Å². The average molecular weight is 241 g/mol. The maximum absolute atomic E-state index is 7.43. The smallest absolute Gasteiger partial charge is 0.0921 e. The van der Waals surface area contributed by atoms with Gasteiger partial charge in [0.1, 0.15) is 0 Å². The molecule has 17 heavy (non-hydrogen) atoms. The standard InChI is InChI=1S/C13H27N3O/c1-3-8-17-12-6-5-7-16(10-12)11(4-2)9-13(14)15/h11-12H,3-10H2,1-2H3,(H3,14,15). The molecule has 0 saturated carbocycles. The Kier molecular flexibility index (Phi) is 6.52. The molecule has 2 unspecified atom stereocenters. The van der Waals surface area contributed by atoms with E-state index in [2.05, 4.69) is 18.7 Å². The number of hydrogen-bond acceptors (Lipinski definition) is 3. The maximum Gasteiger partial charge on any atom is 0.0921 e. The van der Waals surface area contributed by atoms with Gasteiger partial charge in [0, 0.05) is 25.6 Å². The predicted molar refractivity (Wildman–Crippen MR) is 71.4 cm³/mol. The molecule has 1 saturated heterocycles. The molecule has 0 aromatic rings. The first-order chi connectivity index (χ1) is 8.17. The summed E-state index contributed by atoms with van der Waals surface area (Å²) in [6.07, 6.45) is 5.58. The molecule has 3 N–H and O–H groups in total. The first-order valence-electron chi connectivity index (χ1n) is 6.85. The van der Waals surface area contributed by atoms with Gasteiger partial charge in [-0.3, -0.25) is 10.3 Å². The molecule has 1 fully saturated rings. The number of nitrogens with two attached hydrogens (primary N) is 1. The third-order valence-corrected chi connectivity index (χ3v) is 3.41. The first-order valence-corrected chi connectivity index (χ1v) is 6.85. The molecule has 0 radical (unpaired) electrons. The SMILES string of the molecule is CCCOC1CCCN(C(CC)CC(=N)N)C1. The van der Waals surface area contributed by atoms with Crippen LogP contribution in [0.3, 0.4) is 0 Å². The molecule has 1 aliphatic rings. The number of piperidine rings is 1. The van der Waals surface area contributed by atoms with Crippen molar-refractivity contribution in [2.45, 2.75) is 58.1 Å². The van der Waals surface area contributed by atoms with E-state index in [1.807, 2.05) is 0 Å². The average Bonchev–Trinajstić information content (AvgIpc) is 2.33. The second kappa shape index (κ2) is 7.67. The van der Waals surface area contributed by atoms with Crippen molar-refractivity contribution in [2.24, 2.45) is 5.73 Å². The van der Waals surface area contributed by atoms with Crippen LogP contribution in [0.15, 0.2) is 0 Å². The van der Waals surface area contributed by atoms with Crippen LogP contribution in [0.1, 0.15) is 46.0 Å². The lowest BCUT2D eigenvalue weighted by molar-refractivity contribution is -0.0121. The molecule has 1 aliphatic heterocycles. The molecule has 100 valence electrons. The van der Waals surface area contributed by atoms with Gasteiger partial charge in [-0.15, -0.1) is 0 Å². The van der Waals surface area contributed by atoms with Gasteiger partial charge < -0.3 is 10.5 Å². The van der Waals surface area contributed by atoms with Crippen molar-refractivity contribution in [3.63, 3.8) is 0 Å². The van der Waals surface area contributed by atoms with Crippen molar-refractivity contribution in [1.82, 2.24) is 4.90 Å². The van der Waals surface area contributed by atoms with Gasteiger partial charge >= 0.3 is 0 Å². The predicted octanol–water partition coefficient (Wildman–Crippen LogP) is 1.98. The van der Waals surface area contributed by atoms with Crippen LogP contribution in [0.25, 0.3) is 0 Å². The summed E-state index contributed by atoms with van der Waals surface area (Å²) in [5, 5.41) is 7.43. The highest BCUT2D eigenvalue weighted by Gasteiger charge is 2.25. The van der Waals surface area contributed by atoms with E-state index in [4.69, 9.17) is 15.9 Å². The molecule has 1 heterocycles. The summed E-state index contributed by atoms with van der Waals surface area (Å²) < 4.78 is 5.84. The molecular weight excluding hydrogens is 214 g/mol. The van der Waals surface area contributed by atoms with E-state index in [0.717, 1.165) is 32.5 Å². The Balaban J connectivity index is 2.43. The van der Waals surface area contributed by atoms with E-state index in [0.29, 0.717) is 24.4 Å². The molecule has 0 aromatic carbocycles. The van der Waals surface area contributed by atoms with Gasteiger partial charge in [-0.1, -0.05) is 13.8 Å². The van der Waals surface area contributed by atoms with E-state index in [9.17, 15) is 0 Å². The molecule has 2 atom stereocenters. The highest BCUT2D eigenvalue weighted by atomic mass is 16.5. The largest absolute Gasteiger partial charge is 0.388 e. The van der Waals surface area contributed by atoms with Crippen LogP contribution in [0.5, 0.6) is 0 Å². The Labute approximate surface area is 105 Å². The summed E-state index contributed by atoms with van der Waals surface area (Å²) in [7, 11) is 0. The normalized spacial score (nSPS) is 23.5. The third kappa shape index (κ3) is 5.04. The number of hydrogen-bond donors (Lipinski definition) is 2. The number of likely N-dealkylation sites (tertiary alicyclic amines) is 1. The fourth-order valence-corrected chi connectivity index (χ4v) is 2.50. The zero-order valence-corrected chi connectivity index (χ0v) is 11.2. The summed E-state index contributed by atoms with van der Waals surface area (Å²) >= 11 is 0. The molecule has 4 heteroatoms. The lowest BCUT2D eigenvalue weighted by atomic mass is 10.0. The van der Waals surface area contributed by atoms with Crippen LogP contribution >= 0.6 is 0 Å². The molecule has 0 spiro atoms. The van der Waals surface area contributed by atoms with Gasteiger partial charge in [-0.25, -0.2) is 0 Å². The highest BCUT2D eigenvalue weighted by molar-refractivity contribution is 5.77. The second-order valence-corrected chi connectivity index (χ2v) is 4.92. The second-order valence-electron chi connectivity index (χ2n) is 4.92. The number of rotatable bonds is 7. The topological polar surface area (TPSA) is 62.3 Å². The number of ether oxygens (including phenoxy) is 1. The quantitative estimate of drug-likeness (QED) is 0.529. The number of nitrogens with one attached hydrogen (secondary N) is 1. The van der Waals surface area contributed by atoms with Crippen molar-refractivity contribution in [1.29, 1.82) is 5.41 Å². The zero-order chi connectivity index (χ0) is 12.7. The monoisotopic (exact) mass is 241 g/mol. The van der Waals surface area contributed by atoms with Gasteiger partial charge in [0.2, 0.25) is 0 Å². The summed E-state index contributed by atoms with van der Waals surface area (Å²) in [6, 6.07) is 0.417. The van der Waals surface area contributed by atoms with Crippen molar-refractivity contribution in [3.05, 3.63) is 0 Å². The Morgan fingerprint density at radius 1 is 1.53 bits per heavy atom. The number of nitrogens with zero attached hydrogens (tertiary/aromatic N) is 1. The van der Waals surface area contributed by atoms with Gasteiger partial charge in [0.05, 0.1) is 11.9 Å². The lowest BCUT2D eigenvalue weighted by Gasteiger charge is -2.37. The molecular formula is C13H27N3O. The van der Waals surface area contributed by atoms with E-state index >= 15 is 0 Å². The Hall–Kier alpha value is -0.610. The van der Waals surface area contributed by atoms with Crippen molar-refractivity contribution in [3.8, 4) is 0 Å². The van der Waals surface area contributed by atoms with Crippen LogP contribution in [0.2, 0.25) is 0 Å². The molecule has 1 rings (SSSR count). The lowest BCUT2D eigenvalue weighted by Crippen LogP contribution is -2.46. The summed E-state index contributed by atoms with van der Waals surface area (Å²) in [6.45, 7) is 7.31. The summed E-state index contributed by atoms with van der Waals surface area (Å²) in [5.74, 6) is 0.299. The van der Waals surface area contributed by atoms with Gasteiger partial charge in [0.25, 0.3) is 0 Å². The Morgan fingerprint density at radius 2 is 2.29 bits per heavy atom. The zero-order valence-electron chi connectivity index (χ0n) is 11.2. The van der Waals surface area contributed by atoms with Gasteiger partial charge in [-0.05, 0) is 32.2 Å². The summed E-state index contributed by atoms with van der Waals surface area (Å²) in [5.41, 5.74) is 5.52. The minimum atomic E-state index is 0.299. The molecule has 0 aliphatic carbocycles. The first kappa shape index (κ1) is 14.5. The van der Waals surface area contributed by atoms with Crippen LogP contribution < -0.4 is 5.73 Å². The Bertz CT molecular complexity index is 233. The van der Waals surface area contributed by atoms with Crippen LogP contribution in [0, 0.1) is 5.41 Å². The molecule has 0 aromatic heterocycles. The van der Waals surface area contributed by atoms with Crippen LogP contribution in [-0.4, -0.2) is 42.6 Å². The minimum absolute atomic E-state index is 0.299.